The molecular formula is C15H15NO5S. The van der Waals surface area contributed by atoms with Crippen molar-refractivity contribution in [3.8, 4) is 17.0 Å². The molecular weight excluding hydrogens is 306 g/mol. The molecule has 0 fully saturated rings. The van der Waals surface area contributed by atoms with Crippen molar-refractivity contribution in [3.63, 3.8) is 0 Å². The SMILES string of the molecule is COc1ccc(-c2ccc(S(=O)(=O)CCC(=O)O)cc2)cn1. The summed E-state index contributed by atoms with van der Waals surface area (Å²) in [4.78, 5) is 14.7. The first-order chi connectivity index (χ1) is 10.4. The fourth-order valence-electron chi connectivity index (χ4n) is 1.87. The predicted molar refractivity (Wildman–Crippen MR) is 80.5 cm³/mol. The Kier molecular flexibility index (Phi) is 4.77. The average molecular weight is 321 g/mol. The first-order valence-electron chi connectivity index (χ1n) is 6.47. The van der Waals surface area contributed by atoms with Crippen molar-refractivity contribution < 1.29 is 23.1 Å². The van der Waals surface area contributed by atoms with Gasteiger partial charge in [-0.05, 0) is 23.8 Å². The highest BCUT2D eigenvalue weighted by Crippen LogP contribution is 2.22. The number of benzene rings is 1. The monoisotopic (exact) mass is 321 g/mol. The molecule has 0 radical (unpaired) electrons. The summed E-state index contributed by atoms with van der Waals surface area (Å²) in [6.07, 6.45) is 1.22. The van der Waals surface area contributed by atoms with Gasteiger partial charge in [-0.1, -0.05) is 12.1 Å². The Hall–Kier alpha value is -2.41. The molecule has 0 bridgehead atoms. The molecule has 0 aliphatic rings. The third kappa shape index (κ3) is 3.82. The van der Waals surface area contributed by atoms with Crippen LogP contribution in [0.4, 0.5) is 0 Å². The van der Waals surface area contributed by atoms with Gasteiger partial charge < -0.3 is 9.84 Å². The quantitative estimate of drug-likeness (QED) is 0.874. The van der Waals surface area contributed by atoms with Crippen LogP contribution < -0.4 is 4.74 Å². The van der Waals surface area contributed by atoms with E-state index in [-0.39, 0.29) is 4.90 Å². The topological polar surface area (TPSA) is 93.6 Å². The summed E-state index contributed by atoms with van der Waals surface area (Å²) in [5.74, 6) is -1.05. The highest BCUT2D eigenvalue weighted by atomic mass is 32.2. The van der Waals surface area contributed by atoms with Crippen molar-refractivity contribution in [2.75, 3.05) is 12.9 Å². The number of hydrogen-bond acceptors (Lipinski definition) is 5. The molecule has 0 saturated carbocycles. The van der Waals surface area contributed by atoms with Crippen LogP contribution in [-0.4, -0.2) is 37.3 Å². The van der Waals surface area contributed by atoms with Crippen LogP contribution in [0.2, 0.25) is 0 Å². The second-order valence-electron chi connectivity index (χ2n) is 4.58. The van der Waals surface area contributed by atoms with E-state index in [1.165, 1.54) is 19.2 Å². The van der Waals surface area contributed by atoms with Crippen molar-refractivity contribution in [2.24, 2.45) is 0 Å². The highest BCUT2D eigenvalue weighted by Gasteiger charge is 2.16. The van der Waals surface area contributed by atoms with Crippen molar-refractivity contribution in [2.45, 2.75) is 11.3 Å². The van der Waals surface area contributed by atoms with Gasteiger partial charge in [-0.3, -0.25) is 4.79 Å². The van der Waals surface area contributed by atoms with Crippen molar-refractivity contribution >= 4 is 15.8 Å². The lowest BCUT2D eigenvalue weighted by molar-refractivity contribution is -0.136. The van der Waals surface area contributed by atoms with E-state index in [0.29, 0.717) is 5.88 Å². The number of hydrogen-bond donors (Lipinski definition) is 1. The van der Waals surface area contributed by atoms with Gasteiger partial charge in [-0.15, -0.1) is 0 Å². The van der Waals surface area contributed by atoms with E-state index >= 15 is 0 Å². The summed E-state index contributed by atoms with van der Waals surface area (Å²) in [5.41, 5.74) is 1.64. The van der Waals surface area contributed by atoms with E-state index in [2.05, 4.69) is 4.98 Å². The standard InChI is InChI=1S/C15H15NO5S/c1-21-14-7-4-12(10-16-14)11-2-5-13(6-3-11)22(19,20)9-8-15(17)18/h2-7,10H,8-9H2,1H3,(H,17,18). The molecule has 0 spiro atoms. The minimum Gasteiger partial charge on any atom is -0.481 e. The van der Waals surface area contributed by atoms with Crippen LogP contribution in [0.25, 0.3) is 11.1 Å². The summed E-state index contributed by atoms with van der Waals surface area (Å²) in [7, 11) is -2.05. The first kappa shape index (κ1) is 16.0. The third-order valence-electron chi connectivity index (χ3n) is 3.08. The highest BCUT2D eigenvalue weighted by molar-refractivity contribution is 7.91. The summed E-state index contributed by atoms with van der Waals surface area (Å²) >= 11 is 0. The van der Waals surface area contributed by atoms with Gasteiger partial charge in [0, 0.05) is 17.8 Å². The lowest BCUT2D eigenvalue weighted by atomic mass is 10.1. The molecule has 2 aromatic rings. The van der Waals surface area contributed by atoms with E-state index in [4.69, 9.17) is 9.84 Å². The molecule has 0 aliphatic heterocycles. The molecule has 1 aromatic carbocycles. The minimum atomic E-state index is -3.58. The van der Waals surface area contributed by atoms with Gasteiger partial charge >= 0.3 is 5.97 Å². The predicted octanol–water partition coefficient (Wildman–Crippen LogP) is 2.01. The summed E-state index contributed by atoms with van der Waals surface area (Å²) < 4.78 is 28.9. The van der Waals surface area contributed by atoms with Crippen LogP contribution in [0.1, 0.15) is 6.42 Å². The van der Waals surface area contributed by atoms with E-state index in [1.54, 1.807) is 24.4 Å². The molecule has 0 atom stereocenters. The molecule has 6 nitrogen and oxygen atoms in total. The zero-order valence-electron chi connectivity index (χ0n) is 11.9. The number of aliphatic carboxylic acids is 1. The lowest BCUT2D eigenvalue weighted by Crippen LogP contribution is -2.10. The third-order valence-corrected chi connectivity index (χ3v) is 4.81. The number of rotatable bonds is 6. The number of sulfone groups is 1. The lowest BCUT2D eigenvalue weighted by Gasteiger charge is -2.06. The number of carboxylic acid groups (broad SMARTS) is 1. The van der Waals surface area contributed by atoms with Crippen LogP contribution in [0, 0.1) is 0 Å². The second kappa shape index (κ2) is 6.57. The molecule has 2 rings (SSSR count). The van der Waals surface area contributed by atoms with Gasteiger partial charge in [0.1, 0.15) is 0 Å². The normalized spacial score (nSPS) is 11.1. The molecule has 116 valence electrons. The number of carboxylic acids is 1. The largest absolute Gasteiger partial charge is 0.481 e. The molecule has 22 heavy (non-hydrogen) atoms. The van der Waals surface area contributed by atoms with Crippen LogP contribution in [0.5, 0.6) is 5.88 Å². The van der Waals surface area contributed by atoms with Crippen molar-refractivity contribution in [1.82, 2.24) is 4.98 Å². The maximum atomic E-state index is 12.0. The number of nitrogens with zero attached hydrogens (tertiary/aromatic N) is 1. The number of carbonyl (C=O) groups is 1. The Morgan fingerprint density at radius 2 is 1.77 bits per heavy atom. The Balaban J connectivity index is 2.20. The summed E-state index contributed by atoms with van der Waals surface area (Å²) in [5, 5.41) is 8.58. The van der Waals surface area contributed by atoms with Crippen molar-refractivity contribution in [3.05, 3.63) is 42.6 Å². The van der Waals surface area contributed by atoms with E-state index in [0.717, 1.165) is 11.1 Å². The smallest absolute Gasteiger partial charge is 0.304 e. The van der Waals surface area contributed by atoms with Crippen LogP contribution in [-0.2, 0) is 14.6 Å². The van der Waals surface area contributed by atoms with Gasteiger partial charge in [-0.25, -0.2) is 13.4 Å². The number of methoxy groups -OCH3 is 1. The average Bonchev–Trinajstić information content (AvgIpc) is 2.53. The fraction of sp³-hybridized carbons (Fsp3) is 0.200. The van der Waals surface area contributed by atoms with E-state index in [9.17, 15) is 13.2 Å². The molecule has 7 heteroatoms. The summed E-state index contributed by atoms with van der Waals surface area (Å²) in [6.45, 7) is 0. The molecule has 0 unspecified atom stereocenters. The number of aromatic nitrogens is 1. The van der Waals surface area contributed by atoms with E-state index in [1.807, 2.05) is 6.07 Å². The first-order valence-corrected chi connectivity index (χ1v) is 8.12. The molecule has 0 aliphatic carbocycles. The Labute approximate surface area is 128 Å². The maximum Gasteiger partial charge on any atom is 0.304 e. The van der Waals surface area contributed by atoms with E-state index < -0.39 is 28.0 Å². The fourth-order valence-corrected chi connectivity index (χ4v) is 3.10. The van der Waals surface area contributed by atoms with Gasteiger partial charge in [0.05, 0.1) is 24.2 Å². The molecule has 1 aromatic heterocycles. The van der Waals surface area contributed by atoms with Gasteiger partial charge in [0.2, 0.25) is 5.88 Å². The Morgan fingerprint density at radius 1 is 1.14 bits per heavy atom. The molecule has 1 heterocycles. The van der Waals surface area contributed by atoms with Crippen LogP contribution in [0.15, 0.2) is 47.5 Å². The minimum absolute atomic E-state index is 0.110. The van der Waals surface area contributed by atoms with Crippen LogP contribution in [0.3, 0.4) is 0 Å². The number of pyridine rings is 1. The maximum absolute atomic E-state index is 12.0. The van der Waals surface area contributed by atoms with Gasteiger partial charge in [0.25, 0.3) is 0 Å². The zero-order chi connectivity index (χ0) is 16.2. The molecule has 0 saturated heterocycles. The molecule has 1 N–H and O–H groups in total. The van der Waals surface area contributed by atoms with Gasteiger partial charge in [0.15, 0.2) is 9.84 Å². The van der Waals surface area contributed by atoms with Gasteiger partial charge in [-0.2, -0.15) is 0 Å². The zero-order valence-corrected chi connectivity index (χ0v) is 12.7. The molecule has 0 amide bonds. The Morgan fingerprint density at radius 3 is 2.27 bits per heavy atom. The summed E-state index contributed by atoms with van der Waals surface area (Å²) in [6, 6.07) is 9.80. The van der Waals surface area contributed by atoms with Crippen LogP contribution >= 0.6 is 0 Å². The second-order valence-corrected chi connectivity index (χ2v) is 6.69. The number of ether oxygens (including phenoxy) is 1. The van der Waals surface area contributed by atoms with Crippen molar-refractivity contribution in [1.29, 1.82) is 0 Å². The Bertz CT molecular complexity index is 752.